The highest BCUT2D eigenvalue weighted by molar-refractivity contribution is 6.30. The minimum absolute atomic E-state index is 0.0761. The summed E-state index contributed by atoms with van der Waals surface area (Å²) in [5, 5.41) is 8.47. The molecule has 0 atom stereocenters. The summed E-state index contributed by atoms with van der Waals surface area (Å²) in [5.74, 6) is 0.887. The Morgan fingerprint density at radius 2 is 1.81 bits per heavy atom. The summed E-state index contributed by atoms with van der Waals surface area (Å²) in [7, 11) is 0. The van der Waals surface area contributed by atoms with Gasteiger partial charge in [-0.2, -0.15) is 5.10 Å². The Morgan fingerprint density at radius 3 is 2.42 bits per heavy atom. The van der Waals surface area contributed by atoms with E-state index < -0.39 is 0 Å². The highest BCUT2D eigenvalue weighted by atomic mass is 35.5. The van der Waals surface area contributed by atoms with Crippen LogP contribution in [0.3, 0.4) is 0 Å². The van der Waals surface area contributed by atoms with Crippen LogP contribution < -0.4 is 5.32 Å². The molecular weight excluding hydrogens is 346 g/mol. The summed E-state index contributed by atoms with van der Waals surface area (Å²) < 4.78 is 1.79. The fourth-order valence-electron chi connectivity index (χ4n) is 3.01. The molecule has 4 nitrogen and oxygen atoms in total. The summed E-state index contributed by atoms with van der Waals surface area (Å²) in [5.41, 5.74) is 3.85. The number of hydrogen-bond donors (Lipinski definition) is 1. The molecule has 1 saturated carbocycles. The molecule has 1 aromatic heterocycles. The second-order valence-corrected chi connectivity index (χ2v) is 7.22. The van der Waals surface area contributed by atoms with Crippen molar-refractivity contribution in [3.63, 3.8) is 0 Å². The van der Waals surface area contributed by atoms with Crippen molar-refractivity contribution in [3.8, 4) is 16.9 Å². The molecule has 1 N–H and O–H groups in total. The van der Waals surface area contributed by atoms with Crippen molar-refractivity contribution in [2.24, 2.45) is 5.92 Å². The fourth-order valence-corrected chi connectivity index (χ4v) is 3.14. The van der Waals surface area contributed by atoms with Crippen molar-refractivity contribution in [1.29, 1.82) is 0 Å². The second kappa shape index (κ2) is 6.96. The van der Waals surface area contributed by atoms with Gasteiger partial charge in [0.15, 0.2) is 0 Å². The van der Waals surface area contributed by atoms with E-state index in [1.807, 2.05) is 61.5 Å². The lowest BCUT2D eigenvalue weighted by Crippen LogP contribution is -2.28. The molecule has 0 aliphatic heterocycles. The molecule has 1 fully saturated rings. The second-order valence-electron chi connectivity index (χ2n) is 6.79. The average molecular weight is 366 g/mol. The standard InChI is InChI=1S/C21H20ClN3O/c1-14-5-11-18(12-6-14)25-20(23-21(26)16-3-2-4-16)13-19(24-25)15-7-9-17(22)10-8-15/h5-13,16H,2-4H2,1H3,(H,23,26). The number of aromatic nitrogens is 2. The van der Waals surface area contributed by atoms with E-state index in [1.165, 1.54) is 5.56 Å². The Kier molecular flexibility index (Phi) is 4.51. The van der Waals surface area contributed by atoms with Crippen LogP contribution in [-0.4, -0.2) is 15.7 Å². The normalized spacial score (nSPS) is 14.1. The van der Waals surface area contributed by atoms with Crippen molar-refractivity contribution in [2.75, 3.05) is 5.32 Å². The number of carbonyl (C=O) groups excluding carboxylic acids is 1. The van der Waals surface area contributed by atoms with Gasteiger partial charge in [-0.05, 0) is 44.0 Å². The van der Waals surface area contributed by atoms with Crippen molar-refractivity contribution < 1.29 is 4.79 Å². The molecule has 0 unspecified atom stereocenters. The molecule has 132 valence electrons. The van der Waals surface area contributed by atoms with Crippen molar-refractivity contribution in [1.82, 2.24) is 9.78 Å². The van der Waals surface area contributed by atoms with Gasteiger partial charge in [0.2, 0.25) is 5.91 Å². The molecule has 3 aromatic rings. The molecule has 1 aliphatic carbocycles. The van der Waals surface area contributed by atoms with E-state index in [-0.39, 0.29) is 11.8 Å². The molecular formula is C21H20ClN3O. The zero-order valence-corrected chi connectivity index (χ0v) is 15.3. The lowest BCUT2D eigenvalue weighted by molar-refractivity contribution is -0.122. The highest BCUT2D eigenvalue weighted by Crippen LogP contribution is 2.30. The predicted octanol–water partition coefficient (Wildman–Crippen LogP) is 5.24. The average Bonchev–Trinajstić information content (AvgIpc) is 2.98. The van der Waals surface area contributed by atoms with Crippen LogP contribution in [-0.2, 0) is 4.79 Å². The number of aryl methyl sites for hydroxylation is 1. The lowest BCUT2D eigenvalue weighted by Gasteiger charge is -2.24. The van der Waals surface area contributed by atoms with Crippen molar-refractivity contribution >= 4 is 23.3 Å². The maximum absolute atomic E-state index is 12.5. The van der Waals surface area contributed by atoms with Crippen LogP contribution in [0, 0.1) is 12.8 Å². The quantitative estimate of drug-likeness (QED) is 0.687. The molecule has 1 aliphatic rings. The molecule has 1 amide bonds. The first-order valence-electron chi connectivity index (χ1n) is 8.84. The first kappa shape index (κ1) is 16.9. The SMILES string of the molecule is Cc1ccc(-n2nc(-c3ccc(Cl)cc3)cc2NC(=O)C2CCC2)cc1. The third-order valence-electron chi connectivity index (χ3n) is 4.86. The largest absolute Gasteiger partial charge is 0.310 e. The third-order valence-corrected chi connectivity index (χ3v) is 5.11. The van der Waals surface area contributed by atoms with Gasteiger partial charge in [-0.1, -0.05) is 47.9 Å². The minimum atomic E-state index is 0.0761. The van der Waals surface area contributed by atoms with Crippen molar-refractivity contribution in [2.45, 2.75) is 26.2 Å². The maximum Gasteiger partial charge on any atom is 0.228 e. The summed E-state index contributed by atoms with van der Waals surface area (Å²) in [6, 6.07) is 17.6. The fraction of sp³-hybridized carbons (Fsp3) is 0.238. The van der Waals surface area contributed by atoms with Gasteiger partial charge >= 0.3 is 0 Å². The van der Waals surface area contributed by atoms with E-state index in [9.17, 15) is 4.79 Å². The van der Waals surface area contributed by atoms with Gasteiger partial charge in [0.25, 0.3) is 0 Å². The minimum Gasteiger partial charge on any atom is -0.310 e. The summed E-state index contributed by atoms with van der Waals surface area (Å²) in [4.78, 5) is 12.5. The molecule has 0 saturated heterocycles. The van der Waals surface area contributed by atoms with E-state index in [0.29, 0.717) is 10.8 Å². The zero-order valence-electron chi connectivity index (χ0n) is 14.6. The van der Waals surface area contributed by atoms with Crippen LogP contribution in [0.4, 0.5) is 5.82 Å². The van der Waals surface area contributed by atoms with E-state index in [1.54, 1.807) is 4.68 Å². The number of carbonyl (C=O) groups is 1. The number of benzene rings is 2. The number of rotatable bonds is 4. The lowest BCUT2D eigenvalue weighted by atomic mass is 9.85. The van der Waals surface area contributed by atoms with Gasteiger partial charge in [0, 0.05) is 22.6 Å². The molecule has 0 radical (unpaired) electrons. The molecule has 2 aromatic carbocycles. The summed E-state index contributed by atoms with van der Waals surface area (Å²) >= 11 is 5.99. The Bertz CT molecular complexity index is 925. The zero-order chi connectivity index (χ0) is 18.1. The Labute approximate surface area is 157 Å². The first-order valence-corrected chi connectivity index (χ1v) is 9.22. The van der Waals surface area contributed by atoms with Crippen LogP contribution in [0.2, 0.25) is 5.02 Å². The Morgan fingerprint density at radius 1 is 1.12 bits per heavy atom. The van der Waals surface area contributed by atoms with E-state index in [2.05, 4.69) is 5.32 Å². The molecule has 4 rings (SSSR count). The maximum atomic E-state index is 12.5. The third kappa shape index (κ3) is 3.37. The number of nitrogens with one attached hydrogen (secondary N) is 1. The number of amides is 1. The number of anilines is 1. The Balaban J connectivity index is 1.72. The molecule has 0 bridgehead atoms. The van der Waals surface area contributed by atoms with Crippen LogP contribution in [0.1, 0.15) is 24.8 Å². The molecule has 5 heteroatoms. The number of nitrogens with zero attached hydrogens (tertiary/aromatic N) is 2. The number of halogens is 1. The molecule has 26 heavy (non-hydrogen) atoms. The van der Waals surface area contributed by atoms with Crippen LogP contribution in [0.5, 0.6) is 0 Å². The monoisotopic (exact) mass is 365 g/mol. The van der Waals surface area contributed by atoms with Crippen LogP contribution in [0.15, 0.2) is 54.6 Å². The molecule has 1 heterocycles. The van der Waals surface area contributed by atoms with Crippen molar-refractivity contribution in [3.05, 3.63) is 65.2 Å². The predicted molar refractivity (Wildman–Crippen MR) is 105 cm³/mol. The van der Waals surface area contributed by atoms with Gasteiger partial charge in [-0.25, -0.2) is 4.68 Å². The first-order chi connectivity index (χ1) is 12.6. The summed E-state index contributed by atoms with van der Waals surface area (Å²) in [6.45, 7) is 2.05. The van der Waals surface area contributed by atoms with Gasteiger partial charge in [0.05, 0.1) is 11.4 Å². The van der Waals surface area contributed by atoms with Gasteiger partial charge in [-0.15, -0.1) is 0 Å². The topological polar surface area (TPSA) is 46.9 Å². The Hall–Kier alpha value is -2.59. The summed E-state index contributed by atoms with van der Waals surface area (Å²) in [6.07, 6.45) is 3.06. The van der Waals surface area contributed by atoms with E-state index >= 15 is 0 Å². The highest BCUT2D eigenvalue weighted by Gasteiger charge is 2.26. The van der Waals surface area contributed by atoms with Gasteiger partial charge in [0.1, 0.15) is 5.82 Å². The van der Waals surface area contributed by atoms with E-state index in [0.717, 1.165) is 36.2 Å². The van der Waals surface area contributed by atoms with E-state index in [4.69, 9.17) is 16.7 Å². The molecule has 0 spiro atoms. The van der Waals surface area contributed by atoms with Gasteiger partial charge in [-0.3, -0.25) is 4.79 Å². The number of hydrogen-bond acceptors (Lipinski definition) is 2. The van der Waals surface area contributed by atoms with Crippen LogP contribution >= 0.6 is 11.6 Å². The van der Waals surface area contributed by atoms with Gasteiger partial charge < -0.3 is 5.32 Å². The smallest absolute Gasteiger partial charge is 0.228 e. The van der Waals surface area contributed by atoms with Crippen LogP contribution in [0.25, 0.3) is 16.9 Å².